The van der Waals surface area contributed by atoms with Gasteiger partial charge in [-0.15, -0.1) is 0 Å². The molecule has 2 atom stereocenters. The summed E-state index contributed by atoms with van der Waals surface area (Å²) in [6.45, 7) is 10.5. The van der Waals surface area contributed by atoms with Crippen LogP contribution in [0.3, 0.4) is 0 Å². The number of fused-ring (bicyclic) bond motifs is 1. The molecule has 0 amide bonds. The summed E-state index contributed by atoms with van der Waals surface area (Å²) in [5.74, 6) is 0.869. The van der Waals surface area contributed by atoms with Crippen molar-refractivity contribution in [2.45, 2.75) is 52.2 Å². The lowest BCUT2D eigenvalue weighted by Gasteiger charge is -2.21. The Bertz CT molecular complexity index is 415. The lowest BCUT2D eigenvalue weighted by atomic mass is 9.84. The third-order valence-corrected chi connectivity index (χ3v) is 3.24. The Hall–Kier alpha value is -1.02. The lowest BCUT2D eigenvalue weighted by molar-refractivity contribution is 0.0793. The summed E-state index contributed by atoms with van der Waals surface area (Å²) < 4.78 is 5.67. The molecule has 1 aromatic carbocycles. The van der Waals surface area contributed by atoms with Crippen LogP contribution in [0.5, 0.6) is 5.75 Å². The predicted octanol–water partition coefficient (Wildman–Crippen LogP) is 3.11. The summed E-state index contributed by atoms with van der Waals surface area (Å²) in [4.78, 5) is 0. The minimum atomic E-state index is -0.490. The van der Waals surface area contributed by atoms with Gasteiger partial charge < -0.3 is 9.84 Å². The Morgan fingerprint density at radius 1 is 1.25 bits per heavy atom. The fourth-order valence-corrected chi connectivity index (χ4v) is 2.12. The SMILES string of the molecule is Cc1cc(C(C)(C)C)cc2c1OC(C)C2O. The number of ether oxygens (including phenoxy) is 1. The average molecular weight is 220 g/mol. The summed E-state index contributed by atoms with van der Waals surface area (Å²) in [6.07, 6.45) is -0.625. The van der Waals surface area contributed by atoms with E-state index in [1.807, 2.05) is 13.8 Å². The van der Waals surface area contributed by atoms with E-state index < -0.39 is 6.10 Å². The summed E-state index contributed by atoms with van der Waals surface area (Å²) in [5, 5.41) is 10.0. The topological polar surface area (TPSA) is 29.5 Å². The van der Waals surface area contributed by atoms with Crippen LogP contribution in [0.15, 0.2) is 12.1 Å². The number of hydrogen-bond acceptors (Lipinski definition) is 2. The molecule has 0 bridgehead atoms. The highest BCUT2D eigenvalue weighted by molar-refractivity contribution is 5.49. The molecular weight excluding hydrogens is 200 g/mol. The Morgan fingerprint density at radius 2 is 1.88 bits per heavy atom. The maximum Gasteiger partial charge on any atom is 0.128 e. The van der Waals surface area contributed by atoms with Gasteiger partial charge in [-0.25, -0.2) is 0 Å². The van der Waals surface area contributed by atoms with Crippen molar-refractivity contribution in [1.82, 2.24) is 0 Å². The van der Waals surface area contributed by atoms with Crippen molar-refractivity contribution >= 4 is 0 Å². The number of aliphatic hydroxyl groups is 1. The highest BCUT2D eigenvalue weighted by Crippen LogP contribution is 2.41. The minimum Gasteiger partial charge on any atom is -0.487 e. The summed E-state index contributed by atoms with van der Waals surface area (Å²) in [5.41, 5.74) is 3.41. The molecule has 16 heavy (non-hydrogen) atoms. The number of aliphatic hydroxyl groups excluding tert-OH is 1. The first-order valence-electron chi connectivity index (χ1n) is 5.80. The third kappa shape index (κ3) is 1.71. The molecular formula is C14H20O2. The summed E-state index contributed by atoms with van der Waals surface area (Å²) in [7, 11) is 0. The molecule has 0 aromatic heterocycles. The van der Waals surface area contributed by atoms with Gasteiger partial charge in [0.25, 0.3) is 0 Å². The van der Waals surface area contributed by atoms with Crippen molar-refractivity contribution in [3.05, 3.63) is 28.8 Å². The standard InChI is InChI=1S/C14H20O2/c1-8-6-10(14(3,4)5)7-11-12(15)9(2)16-13(8)11/h6-7,9,12,15H,1-5H3. The molecule has 2 heteroatoms. The Kier molecular flexibility index (Phi) is 2.50. The second kappa shape index (κ2) is 3.49. The van der Waals surface area contributed by atoms with Crippen LogP contribution in [0.25, 0.3) is 0 Å². The van der Waals surface area contributed by atoms with Gasteiger partial charge in [0.15, 0.2) is 0 Å². The van der Waals surface area contributed by atoms with E-state index in [1.165, 1.54) is 5.56 Å². The molecule has 2 unspecified atom stereocenters. The highest BCUT2D eigenvalue weighted by Gasteiger charge is 2.32. The maximum atomic E-state index is 10.0. The number of rotatable bonds is 0. The average Bonchev–Trinajstić information content (AvgIpc) is 2.44. The van der Waals surface area contributed by atoms with Crippen molar-refractivity contribution < 1.29 is 9.84 Å². The maximum absolute atomic E-state index is 10.0. The lowest BCUT2D eigenvalue weighted by Crippen LogP contribution is -2.13. The van der Waals surface area contributed by atoms with Gasteiger partial charge >= 0.3 is 0 Å². The van der Waals surface area contributed by atoms with Crippen LogP contribution in [-0.4, -0.2) is 11.2 Å². The van der Waals surface area contributed by atoms with Crippen molar-refractivity contribution in [2.24, 2.45) is 0 Å². The van der Waals surface area contributed by atoms with Crippen LogP contribution in [0.1, 0.15) is 50.5 Å². The zero-order valence-electron chi connectivity index (χ0n) is 10.7. The zero-order valence-corrected chi connectivity index (χ0v) is 10.7. The van der Waals surface area contributed by atoms with Crippen molar-refractivity contribution in [3.63, 3.8) is 0 Å². The first-order chi connectivity index (χ1) is 7.30. The molecule has 88 valence electrons. The van der Waals surface area contributed by atoms with E-state index in [0.717, 1.165) is 16.9 Å². The third-order valence-electron chi connectivity index (χ3n) is 3.24. The van der Waals surface area contributed by atoms with Crippen LogP contribution < -0.4 is 4.74 Å². The molecule has 1 aliphatic rings. The predicted molar refractivity (Wildman–Crippen MR) is 64.9 cm³/mol. The molecule has 0 saturated heterocycles. The van der Waals surface area contributed by atoms with Gasteiger partial charge in [0.1, 0.15) is 18.0 Å². The van der Waals surface area contributed by atoms with Crippen molar-refractivity contribution in [3.8, 4) is 5.75 Å². The van der Waals surface area contributed by atoms with Crippen LogP contribution in [-0.2, 0) is 5.41 Å². The van der Waals surface area contributed by atoms with Gasteiger partial charge in [0.05, 0.1) is 0 Å². The van der Waals surface area contributed by atoms with Crippen LogP contribution >= 0.6 is 0 Å². The fraction of sp³-hybridized carbons (Fsp3) is 0.571. The molecule has 2 rings (SSSR count). The molecule has 1 aromatic rings. The van der Waals surface area contributed by atoms with Gasteiger partial charge in [-0.2, -0.15) is 0 Å². The smallest absolute Gasteiger partial charge is 0.128 e. The van der Waals surface area contributed by atoms with Crippen LogP contribution in [0.4, 0.5) is 0 Å². The van der Waals surface area contributed by atoms with Crippen molar-refractivity contribution in [1.29, 1.82) is 0 Å². The minimum absolute atomic E-state index is 0.103. The van der Waals surface area contributed by atoms with E-state index in [9.17, 15) is 5.11 Å². The van der Waals surface area contributed by atoms with E-state index in [-0.39, 0.29) is 11.5 Å². The van der Waals surface area contributed by atoms with Gasteiger partial charge in [-0.05, 0) is 36.5 Å². The molecule has 1 aliphatic heterocycles. The number of benzene rings is 1. The van der Waals surface area contributed by atoms with Gasteiger partial charge in [-0.3, -0.25) is 0 Å². The molecule has 0 radical (unpaired) electrons. The van der Waals surface area contributed by atoms with E-state index in [0.29, 0.717) is 0 Å². The quantitative estimate of drug-likeness (QED) is 0.728. The largest absolute Gasteiger partial charge is 0.487 e. The number of hydrogen-bond donors (Lipinski definition) is 1. The molecule has 2 nitrogen and oxygen atoms in total. The molecule has 0 fully saturated rings. The molecule has 1 heterocycles. The fourth-order valence-electron chi connectivity index (χ4n) is 2.12. The van der Waals surface area contributed by atoms with Crippen LogP contribution in [0.2, 0.25) is 0 Å². The Morgan fingerprint density at radius 3 is 2.44 bits per heavy atom. The second-order valence-electron chi connectivity index (χ2n) is 5.73. The molecule has 1 N–H and O–H groups in total. The Balaban J connectivity index is 2.55. The van der Waals surface area contributed by atoms with Gasteiger partial charge in [-0.1, -0.05) is 26.8 Å². The van der Waals surface area contributed by atoms with Crippen molar-refractivity contribution in [2.75, 3.05) is 0 Å². The van der Waals surface area contributed by atoms with Gasteiger partial charge in [0, 0.05) is 5.56 Å². The first kappa shape index (κ1) is 11.5. The van der Waals surface area contributed by atoms with Crippen LogP contribution in [0, 0.1) is 6.92 Å². The molecule has 0 spiro atoms. The number of aryl methyl sites for hydroxylation is 1. The molecule has 0 saturated carbocycles. The highest BCUT2D eigenvalue weighted by atomic mass is 16.5. The van der Waals surface area contributed by atoms with E-state index in [2.05, 4.69) is 32.9 Å². The molecule has 0 aliphatic carbocycles. The van der Waals surface area contributed by atoms with E-state index in [1.54, 1.807) is 0 Å². The van der Waals surface area contributed by atoms with Gasteiger partial charge in [0.2, 0.25) is 0 Å². The Labute approximate surface area is 97.3 Å². The normalized spacial score (nSPS) is 24.1. The summed E-state index contributed by atoms with van der Waals surface area (Å²) in [6, 6.07) is 4.24. The monoisotopic (exact) mass is 220 g/mol. The van der Waals surface area contributed by atoms with E-state index in [4.69, 9.17) is 4.74 Å². The summed E-state index contributed by atoms with van der Waals surface area (Å²) >= 11 is 0. The van der Waals surface area contributed by atoms with E-state index >= 15 is 0 Å². The zero-order chi connectivity index (χ0) is 12.1. The first-order valence-corrected chi connectivity index (χ1v) is 5.80. The second-order valence-corrected chi connectivity index (χ2v) is 5.73.